The van der Waals surface area contributed by atoms with Gasteiger partial charge in [-0.25, -0.2) is 0 Å². The maximum absolute atomic E-state index is 13.4. The molecule has 0 aliphatic carbocycles. The van der Waals surface area contributed by atoms with Crippen LogP contribution in [0.3, 0.4) is 0 Å². The lowest BCUT2D eigenvalue weighted by Gasteiger charge is -2.39. The van der Waals surface area contributed by atoms with Crippen molar-refractivity contribution < 1.29 is 17.9 Å². The van der Waals surface area contributed by atoms with Crippen LogP contribution in [0.4, 0.5) is 0 Å². The van der Waals surface area contributed by atoms with Crippen LogP contribution in [0.1, 0.15) is 31.1 Å². The van der Waals surface area contributed by atoms with Gasteiger partial charge in [0.1, 0.15) is 11.5 Å². The van der Waals surface area contributed by atoms with Crippen molar-refractivity contribution in [2.24, 2.45) is 0 Å². The maximum Gasteiger partial charge on any atom is 0.282 e. The zero-order valence-electron chi connectivity index (χ0n) is 16.3. The SMILES string of the molecule is CCN(CC)S(=O)(=O)N1CCn2cccc2C1c1cc(OC)ccc1OC. The third-order valence-electron chi connectivity index (χ3n) is 5.05. The molecule has 0 spiro atoms. The van der Waals surface area contributed by atoms with E-state index in [-0.39, 0.29) is 0 Å². The number of aromatic nitrogens is 1. The van der Waals surface area contributed by atoms with E-state index in [1.165, 1.54) is 4.31 Å². The highest BCUT2D eigenvalue weighted by Crippen LogP contribution is 2.40. The third-order valence-corrected chi connectivity index (χ3v) is 7.21. The van der Waals surface area contributed by atoms with Gasteiger partial charge in [-0.05, 0) is 30.3 Å². The van der Waals surface area contributed by atoms with Crippen molar-refractivity contribution in [1.82, 2.24) is 13.2 Å². The van der Waals surface area contributed by atoms with Gasteiger partial charge < -0.3 is 14.0 Å². The molecule has 0 saturated heterocycles. The number of fused-ring (bicyclic) bond motifs is 1. The first-order valence-corrected chi connectivity index (χ1v) is 10.5. The highest BCUT2D eigenvalue weighted by Gasteiger charge is 2.40. The highest BCUT2D eigenvalue weighted by atomic mass is 32.2. The molecular formula is C19H27N3O4S. The molecule has 1 atom stereocenters. The van der Waals surface area contributed by atoms with Gasteiger partial charge in [0, 0.05) is 43.6 Å². The second kappa shape index (κ2) is 7.92. The summed E-state index contributed by atoms with van der Waals surface area (Å²) < 4.78 is 42.9. The van der Waals surface area contributed by atoms with E-state index in [0.29, 0.717) is 37.7 Å². The first kappa shape index (κ1) is 19.7. The molecule has 1 aliphatic rings. The van der Waals surface area contributed by atoms with E-state index in [9.17, 15) is 8.42 Å². The first-order chi connectivity index (χ1) is 13.0. The number of hydrogen-bond donors (Lipinski definition) is 0. The smallest absolute Gasteiger partial charge is 0.282 e. The largest absolute Gasteiger partial charge is 0.497 e. The topological polar surface area (TPSA) is 64.0 Å². The van der Waals surface area contributed by atoms with Crippen molar-refractivity contribution >= 4 is 10.2 Å². The van der Waals surface area contributed by atoms with Crippen molar-refractivity contribution in [3.05, 3.63) is 47.8 Å². The van der Waals surface area contributed by atoms with Gasteiger partial charge in [-0.3, -0.25) is 0 Å². The molecule has 27 heavy (non-hydrogen) atoms. The molecule has 2 aromatic rings. The molecule has 7 nitrogen and oxygen atoms in total. The number of methoxy groups -OCH3 is 2. The van der Waals surface area contributed by atoms with Gasteiger partial charge in [0.25, 0.3) is 10.2 Å². The fourth-order valence-corrected chi connectivity index (χ4v) is 5.43. The molecule has 0 saturated carbocycles. The molecule has 1 aromatic heterocycles. The quantitative estimate of drug-likeness (QED) is 0.725. The normalized spacial score (nSPS) is 17.7. The minimum Gasteiger partial charge on any atom is -0.497 e. The molecule has 0 amide bonds. The summed E-state index contributed by atoms with van der Waals surface area (Å²) >= 11 is 0. The van der Waals surface area contributed by atoms with Gasteiger partial charge in [0.15, 0.2) is 0 Å². The zero-order valence-corrected chi connectivity index (χ0v) is 17.1. The molecule has 1 unspecified atom stereocenters. The molecule has 3 rings (SSSR count). The molecule has 8 heteroatoms. The second-order valence-corrected chi connectivity index (χ2v) is 8.22. The Labute approximate surface area is 161 Å². The van der Waals surface area contributed by atoms with Crippen LogP contribution in [-0.4, -0.2) is 55.4 Å². The first-order valence-electron chi connectivity index (χ1n) is 9.11. The lowest BCUT2D eigenvalue weighted by atomic mass is 10.0. The van der Waals surface area contributed by atoms with Crippen LogP contribution < -0.4 is 9.47 Å². The van der Waals surface area contributed by atoms with Crippen LogP contribution in [-0.2, 0) is 16.8 Å². The van der Waals surface area contributed by atoms with Crippen LogP contribution in [0.15, 0.2) is 36.5 Å². The van der Waals surface area contributed by atoms with E-state index in [1.807, 2.05) is 50.4 Å². The number of hydrogen-bond acceptors (Lipinski definition) is 4. The standard InChI is InChI=1S/C19H27N3O4S/c1-5-21(6-2)27(23,24)22-13-12-20-11-7-8-17(20)19(22)16-14-15(25-3)9-10-18(16)26-4/h7-11,14,19H,5-6,12-13H2,1-4H3. The highest BCUT2D eigenvalue weighted by molar-refractivity contribution is 7.86. The van der Waals surface area contributed by atoms with Crippen molar-refractivity contribution in [2.75, 3.05) is 33.9 Å². The summed E-state index contributed by atoms with van der Waals surface area (Å²) in [6.07, 6.45) is 1.98. The summed E-state index contributed by atoms with van der Waals surface area (Å²) in [6, 6.07) is 8.92. The average molecular weight is 394 g/mol. The van der Waals surface area contributed by atoms with E-state index in [2.05, 4.69) is 4.57 Å². The predicted octanol–water partition coefficient (Wildman–Crippen LogP) is 2.50. The van der Waals surface area contributed by atoms with E-state index >= 15 is 0 Å². The molecule has 148 valence electrons. The van der Waals surface area contributed by atoms with Crippen LogP contribution in [0.5, 0.6) is 11.5 Å². The van der Waals surface area contributed by atoms with E-state index in [0.717, 1.165) is 11.3 Å². The van der Waals surface area contributed by atoms with Crippen LogP contribution in [0.25, 0.3) is 0 Å². The third kappa shape index (κ3) is 3.44. The van der Waals surface area contributed by atoms with Gasteiger partial charge in [-0.15, -0.1) is 0 Å². The lowest BCUT2D eigenvalue weighted by molar-refractivity contribution is 0.265. The Balaban J connectivity index is 2.19. The molecule has 1 aromatic carbocycles. The molecule has 0 bridgehead atoms. The summed E-state index contributed by atoms with van der Waals surface area (Å²) in [7, 11) is -0.439. The fraction of sp³-hybridized carbons (Fsp3) is 0.474. The zero-order chi connectivity index (χ0) is 19.6. The summed E-state index contributed by atoms with van der Waals surface area (Å²) in [6.45, 7) is 5.58. The number of benzene rings is 1. The summed E-state index contributed by atoms with van der Waals surface area (Å²) in [5, 5.41) is 0. The molecule has 1 aliphatic heterocycles. The number of nitrogens with zero attached hydrogens (tertiary/aromatic N) is 3. The molecule has 0 N–H and O–H groups in total. The van der Waals surface area contributed by atoms with Gasteiger partial charge in [-0.1, -0.05) is 13.8 Å². The van der Waals surface area contributed by atoms with E-state index in [1.54, 1.807) is 18.5 Å². The van der Waals surface area contributed by atoms with Crippen molar-refractivity contribution in [1.29, 1.82) is 0 Å². The Morgan fingerprint density at radius 2 is 1.85 bits per heavy atom. The van der Waals surface area contributed by atoms with Crippen molar-refractivity contribution in [2.45, 2.75) is 26.4 Å². The Hall–Kier alpha value is -2.03. The predicted molar refractivity (Wildman–Crippen MR) is 104 cm³/mol. The Morgan fingerprint density at radius 1 is 1.11 bits per heavy atom. The average Bonchev–Trinajstić information content (AvgIpc) is 3.16. The minimum atomic E-state index is -3.63. The second-order valence-electron chi connectivity index (χ2n) is 6.34. The fourth-order valence-electron chi connectivity index (χ4n) is 3.68. The molecular weight excluding hydrogens is 366 g/mol. The van der Waals surface area contributed by atoms with Gasteiger partial charge in [-0.2, -0.15) is 17.0 Å². The van der Waals surface area contributed by atoms with E-state index < -0.39 is 16.3 Å². The monoisotopic (exact) mass is 393 g/mol. The summed E-state index contributed by atoms with van der Waals surface area (Å²) in [5.41, 5.74) is 1.69. The summed E-state index contributed by atoms with van der Waals surface area (Å²) in [4.78, 5) is 0. The number of rotatable bonds is 7. The summed E-state index contributed by atoms with van der Waals surface area (Å²) in [5.74, 6) is 1.30. The Morgan fingerprint density at radius 3 is 2.48 bits per heavy atom. The van der Waals surface area contributed by atoms with Gasteiger partial charge in [0.05, 0.1) is 20.3 Å². The van der Waals surface area contributed by atoms with Gasteiger partial charge in [0.2, 0.25) is 0 Å². The maximum atomic E-state index is 13.4. The Bertz CT molecular complexity index is 890. The van der Waals surface area contributed by atoms with Gasteiger partial charge >= 0.3 is 0 Å². The lowest BCUT2D eigenvalue weighted by Crippen LogP contribution is -2.49. The van der Waals surface area contributed by atoms with Crippen molar-refractivity contribution in [3.63, 3.8) is 0 Å². The Kier molecular flexibility index (Phi) is 5.78. The van der Waals surface area contributed by atoms with Crippen LogP contribution >= 0.6 is 0 Å². The minimum absolute atomic E-state index is 0.394. The van der Waals surface area contributed by atoms with Crippen LogP contribution in [0.2, 0.25) is 0 Å². The molecule has 0 fully saturated rings. The molecule has 2 heterocycles. The van der Waals surface area contributed by atoms with Crippen molar-refractivity contribution in [3.8, 4) is 11.5 Å². The molecule has 0 radical (unpaired) electrons. The van der Waals surface area contributed by atoms with E-state index in [4.69, 9.17) is 9.47 Å². The van der Waals surface area contributed by atoms with Crippen LogP contribution in [0, 0.1) is 0 Å². The number of ether oxygens (including phenoxy) is 2.